The van der Waals surface area contributed by atoms with Crippen molar-refractivity contribution in [3.63, 3.8) is 0 Å². The van der Waals surface area contributed by atoms with Crippen LogP contribution < -0.4 is 5.73 Å². The monoisotopic (exact) mass is 208 g/mol. The summed E-state index contributed by atoms with van der Waals surface area (Å²) in [7, 11) is 0. The van der Waals surface area contributed by atoms with Gasteiger partial charge >= 0.3 is 5.97 Å². The van der Waals surface area contributed by atoms with Crippen molar-refractivity contribution >= 4 is 11.9 Å². The molecule has 0 radical (unpaired) electrons. The summed E-state index contributed by atoms with van der Waals surface area (Å²) in [4.78, 5) is 25.7. The summed E-state index contributed by atoms with van der Waals surface area (Å²) >= 11 is 0. The van der Waals surface area contributed by atoms with Crippen LogP contribution in [0.3, 0.4) is 0 Å². The zero-order valence-electron chi connectivity index (χ0n) is 8.52. The van der Waals surface area contributed by atoms with Gasteiger partial charge in [-0.25, -0.2) is 4.79 Å². The predicted octanol–water partition coefficient (Wildman–Crippen LogP) is 1.00. The van der Waals surface area contributed by atoms with Crippen LogP contribution in [0.5, 0.6) is 0 Å². The molecule has 15 heavy (non-hydrogen) atoms. The maximum atomic E-state index is 11.1. The number of carboxylic acids is 1. The molecule has 0 aliphatic carbocycles. The van der Waals surface area contributed by atoms with Crippen LogP contribution >= 0.6 is 0 Å². The van der Waals surface area contributed by atoms with Gasteiger partial charge in [0.15, 0.2) is 0 Å². The van der Waals surface area contributed by atoms with Gasteiger partial charge in [0.2, 0.25) is 0 Å². The van der Waals surface area contributed by atoms with Gasteiger partial charge in [0, 0.05) is 12.4 Å². The number of carboxylic acid groups (broad SMARTS) is 1. The lowest BCUT2D eigenvalue weighted by molar-refractivity contribution is 0.0694. The van der Waals surface area contributed by atoms with Crippen molar-refractivity contribution in [2.75, 3.05) is 0 Å². The van der Waals surface area contributed by atoms with Gasteiger partial charge in [-0.3, -0.25) is 9.78 Å². The van der Waals surface area contributed by atoms with Crippen LogP contribution in [0.2, 0.25) is 0 Å². The number of nitrogens with zero attached hydrogens (tertiary/aromatic N) is 1. The maximum absolute atomic E-state index is 11.1. The highest BCUT2D eigenvalue weighted by molar-refractivity contribution is 5.98. The molecule has 0 aromatic carbocycles. The second-order valence-electron chi connectivity index (χ2n) is 3.47. The zero-order valence-corrected chi connectivity index (χ0v) is 8.52. The SMILES string of the molecule is CC(C)c1c(C(N)=O)cncc1C(=O)O. The number of hydrogen-bond donors (Lipinski definition) is 2. The number of primary amides is 1. The molecule has 1 heterocycles. The van der Waals surface area contributed by atoms with Crippen molar-refractivity contribution in [3.05, 3.63) is 29.1 Å². The van der Waals surface area contributed by atoms with Gasteiger partial charge < -0.3 is 10.8 Å². The lowest BCUT2D eigenvalue weighted by Crippen LogP contribution is -2.18. The molecule has 5 heteroatoms. The number of nitrogens with two attached hydrogens (primary N) is 1. The van der Waals surface area contributed by atoms with E-state index in [1.54, 1.807) is 13.8 Å². The highest BCUT2D eigenvalue weighted by Gasteiger charge is 2.19. The summed E-state index contributed by atoms with van der Waals surface area (Å²) in [6.45, 7) is 3.60. The fraction of sp³-hybridized carbons (Fsp3) is 0.300. The van der Waals surface area contributed by atoms with Gasteiger partial charge in [-0.15, -0.1) is 0 Å². The van der Waals surface area contributed by atoms with Crippen LogP contribution in [0.4, 0.5) is 0 Å². The molecule has 0 aliphatic heterocycles. The van der Waals surface area contributed by atoms with E-state index in [9.17, 15) is 9.59 Å². The zero-order chi connectivity index (χ0) is 11.6. The Labute approximate surface area is 86.9 Å². The van der Waals surface area contributed by atoms with Crippen molar-refractivity contribution in [3.8, 4) is 0 Å². The standard InChI is InChI=1S/C10H12N2O3/c1-5(2)8-6(9(11)13)3-12-4-7(8)10(14)15/h3-5H,1-2H3,(H2,11,13)(H,14,15). The Kier molecular flexibility index (Phi) is 3.04. The minimum absolute atomic E-state index is 0.0290. The van der Waals surface area contributed by atoms with Crippen molar-refractivity contribution < 1.29 is 14.7 Å². The van der Waals surface area contributed by atoms with E-state index in [1.165, 1.54) is 12.4 Å². The van der Waals surface area contributed by atoms with E-state index in [0.29, 0.717) is 5.56 Å². The minimum atomic E-state index is -1.10. The van der Waals surface area contributed by atoms with Crippen LogP contribution in [-0.2, 0) is 0 Å². The van der Waals surface area contributed by atoms with Crippen molar-refractivity contribution in [2.45, 2.75) is 19.8 Å². The fourth-order valence-electron chi connectivity index (χ4n) is 1.46. The second-order valence-corrected chi connectivity index (χ2v) is 3.47. The Bertz CT molecular complexity index is 381. The van der Waals surface area contributed by atoms with Gasteiger partial charge in [0.1, 0.15) is 0 Å². The third-order valence-corrected chi connectivity index (χ3v) is 2.06. The average Bonchev–Trinajstić information content (AvgIpc) is 2.16. The van der Waals surface area contributed by atoms with Gasteiger partial charge in [-0.1, -0.05) is 13.8 Å². The quantitative estimate of drug-likeness (QED) is 0.774. The number of carbonyl (C=O) groups excluding carboxylic acids is 1. The molecule has 0 aliphatic rings. The predicted molar refractivity (Wildman–Crippen MR) is 53.8 cm³/mol. The summed E-state index contributed by atoms with van der Waals surface area (Å²) in [5.41, 5.74) is 5.78. The lowest BCUT2D eigenvalue weighted by atomic mass is 9.94. The first kappa shape index (κ1) is 11.2. The molecule has 5 nitrogen and oxygen atoms in total. The largest absolute Gasteiger partial charge is 0.478 e. The van der Waals surface area contributed by atoms with E-state index >= 15 is 0 Å². The number of pyridine rings is 1. The average molecular weight is 208 g/mol. The molecule has 1 aromatic heterocycles. The highest BCUT2D eigenvalue weighted by atomic mass is 16.4. The Morgan fingerprint density at radius 1 is 1.33 bits per heavy atom. The number of hydrogen-bond acceptors (Lipinski definition) is 3. The van der Waals surface area contributed by atoms with E-state index < -0.39 is 11.9 Å². The first-order valence-electron chi connectivity index (χ1n) is 4.46. The van der Waals surface area contributed by atoms with E-state index in [4.69, 9.17) is 10.8 Å². The molecule has 3 N–H and O–H groups in total. The Morgan fingerprint density at radius 3 is 2.27 bits per heavy atom. The molecule has 1 rings (SSSR count). The molecule has 0 saturated heterocycles. The summed E-state index contributed by atoms with van der Waals surface area (Å²) in [5, 5.41) is 8.93. The molecular weight excluding hydrogens is 196 g/mol. The van der Waals surface area contributed by atoms with Crippen LogP contribution in [0, 0.1) is 0 Å². The maximum Gasteiger partial charge on any atom is 0.337 e. The molecule has 0 fully saturated rings. The first-order chi connectivity index (χ1) is 6.95. The molecule has 0 atom stereocenters. The molecule has 1 aromatic rings. The van der Waals surface area contributed by atoms with Gasteiger partial charge in [-0.05, 0) is 11.5 Å². The minimum Gasteiger partial charge on any atom is -0.478 e. The lowest BCUT2D eigenvalue weighted by Gasteiger charge is -2.12. The van der Waals surface area contributed by atoms with Crippen LogP contribution in [0.1, 0.15) is 46.0 Å². The topological polar surface area (TPSA) is 93.3 Å². The highest BCUT2D eigenvalue weighted by Crippen LogP contribution is 2.22. The summed E-state index contributed by atoms with van der Waals surface area (Å²) in [6.07, 6.45) is 2.52. The van der Waals surface area contributed by atoms with Gasteiger partial charge in [0.25, 0.3) is 5.91 Å². The van der Waals surface area contributed by atoms with E-state index in [0.717, 1.165) is 0 Å². The smallest absolute Gasteiger partial charge is 0.337 e. The van der Waals surface area contributed by atoms with Crippen molar-refractivity contribution in [1.82, 2.24) is 4.98 Å². The molecule has 0 unspecified atom stereocenters. The van der Waals surface area contributed by atoms with Gasteiger partial charge in [0.05, 0.1) is 11.1 Å². The Balaban J connectivity index is 3.48. The van der Waals surface area contributed by atoms with E-state index in [-0.39, 0.29) is 17.0 Å². The molecule has 0 saturated carbocycles. The summed E-state index contributed by atoms with van der Waals surface area (Å²) in [6, 6.07) is 0. The molecule has 80 valence electrons. The third-order valence-electron chi connectivity index (χ3n) is 2.06. The summed E-state index contributed by atoms with van der Waals surface area (Å²) < 4.78 is 0. The van der Waals surface area contributed by atoms with Gasteiger partial charge in [-0.2, -0.15) is 0 Å². The normalized spacial score (nSPS) is 10.3. The number of carbonyl (C=O) groups is 2. The number of aromatic nitrogens is 1. The molecule has 0 bridgehead atoms. The number of aromatic carboxylic acids is 1. The molecule has 1 amide bonds. The number of rotatable bonds is 3. The third kappa shape index (κ3) is 2.12. The summed E-state index contributed by atoms with van der Waals surface area (Å²) in [5.74, 6) is -1.86. The van der Waals surface area contributed by atoms with Crippen molar-refractivity contribution in [2.24, 2.45) is 5.73 Å². The number of amides is 1. The van der Waals surface area contributed by atoms with Crippen LogP contribution in [-0.4, -0.2) is 22.0 Å². The van der Waals surface area contributed by atoms with Crippen LogP contribution in [0.15, 0.2) is 12.4 Å². The molecular formula is C10H12N2O3. The second kappa shape index (κ2) is 4.08. The Hall–Kier alpha value is -1.91. The van der Waals surface area contributed by atoms with Crippen LogP contribution in [0.25, 0.3) is 0 Å². The van der Waals surface area contributed by atoms with E-state index in [1.807, 2.05) is 0 Å². The first-order valence-corrected chi connectivity index (χ1v) is 4.46. The Morgan fingerprint density at radius 2 is 1.87 bits per heavy atom. The molecule has 0 spiro atoms. The van der Waals surface area contributed by atoms with Crippen molar-refractivity contribution in [1.29, 1.82) is 0 Å². The fourth-order valence-corrected chi connectivity index (χ4v) is 1.46. The van der Waals surface area contributed by atoms with E-state index in [2.05, 4.69) is 4.98 Å².